The standard InChI is InChI=1S/C44H76N2O2/c1-4-6-8-10-12-14-16-18-19-20-21-22-23-25-26-28-30-32-34-39-43(47)45-41-37-36-38-42(3)46-44(48)40-35-33-31-29-27-24-17-15-13-11-9-7-5-2/h6,8,12,14,18-19,21-22,25-26,30,32,42H,4-5,7,9-11,13,15-17,20,23-24,27-29,31,33-41H2,1-3H3,(H,45,47)(H,46,48)/b8-6-,14-12-,19-18-,22-21-,26-25-,32-30-/t42-/m1/s1. The van der Waals surface area contributed by atoms with Crippen LogP contribution in [0.2, 0.25) is 0 Å². The van der Waals surface area contributed by atoms with E-state index in [4.69, 9.17) is 0 Å². The fourth-order valence-electron chi connectivity index (χ4n) is 5.47. The minimum atomic E-state index is 0.119. The van der Waals surface area contributed by atoms with Crippen molar-refractivity contribution in [1.29, 1.82) is 0 Å². The number of hydrogen-bond donors (Lipinski definition) is 2. The van der Waals surface area contributed by atoms with Crippen LogP contribution in [-0.4, -0.2) is 24.4 Å². The van der Waals surface area contributed by atoms with Gasteiger partial charge in [-0.1, -0.05) is 164 Å². The number of allylic oxidation sites excluding steroid dienone is 12. The Morgan fingerprint density at radius 1 is 0.479 bits per heavy atom. The zero-order valence-corrected chi connectivity index (χ0v) is 31.7. The largest absolute Gasteiger partial charge is 0.356 e. The van der Waals surface area contributed by atoms with Gasteiger partial charge < -0.3 is 10.6 Å². The molecule has 0 spiro atoms. The van der Waals surface area contributed by atoms with Crippen molar-refractivity contribution in [3.63, 3.8) is 0 Å². The first kappa shape index (κ1) is 45.4. The van der Waals surface area contributed by atoms with Crippen molar-refractivity contribution < 1.29 is 9.59 Å². The molecule has 0 unspecified atom stereocenters. The van der Waals surface area contributed by atoms with E-state index in [0.717, 1.165) is 70.6 Å². The molecule has 274 valence electrons. The second kappa shape index (κ2) is 38.8. The molecular formula is C44H76N2O2. The first-order valence-electron chi connectivity index (χ1n) is 20.1. The van der Waals surface area contributed by atoms with Crippen LogP contribution < -0.4 is 10.6 Å². The van der Waals surface area contributed by atoms with Crippen molar-refractivity contribution in [3.05, 3.63) is 72.9 Å². The summed E-state index contributed by atoms with van der Waals surface area (Å²) in [6.07, 6.45) is 54.4. The van der Waals surface area contributed by atoms with Crippen molar-refractivity contribution in [2.24, 2.45) is 0 Å². The summed E-state index contributed by atoms with van der Waals surface area (Å²) in [5, 5.41) is 6.18. The van der Waals surface area contributed by atoms with Crippen LogP contribution in [0, 0.1) is 0 Å². The second-order valence-corrected chi connectivity index (χ2v) is 13.3. The Bertz CT molecular complexity index is 896. The Morgan fingerprint density at radius 2 is 0.917 bits per heavy atom. The number of hydrogen-bond acceptors (Lipinski definition) is 2. The molecule has 0 aromatic heterocycles. The highest BCUT2D eigenvalue weighted by Crippen LogP contribution is 2.13. The number of carbonyl (C=O) groups is 2. The van der Waals surface area contributed by atoms with Crippen LogP contribution in [0.4, 0.5) is 0 Å². The van der Waals surface area contributed by atoms with E-state index in [2.05, 4.69) is 104 Å². The average molecular weight is 665 g/mol. The Morgan fingerprint density at radius 3 is 1.40 bits per heavy atom. The summed E-state index contributed by atoms with van der Waals surface area (Å²) in [5.41, 5.74) is 0. The summed E-state index contributed by atoms with van der Waals surface area (Å²) in [6, 6.07) is 0.197. The van der Waals surface area contributed by atoms with Crippen molar-refractivity contribution in [3.8, 4) is 0 Å². The molecule has 0 aliphatic heterocycles. The van der Waals surface area contributed by atoms with E-state index >= 15 is 0 Å². The summed E-state index contributed by atoms with van der Waals surface area (Å²) in [6.45, 7) is 7.23. The van der Waals surface area contributed by atoms with Crippen molar-refractivity contribution in [1.82, 2.24) is 10.6 Å². The molecular weight excluding hydrogens is 588 g/mol. The zero-order chi connectivity index (χ0) is 35.0. The van der Waals surface area contributed by atoms with Gasteiger partial charge in [-0.3, -0.25) is 9.59 Å². The topological polar surface area (TPSA) is 58.2 Å². The fourth-order valence-corrected chi connectivity index (χ4v) is 5.47. The van der Waals surface area contributed by atoms with Gasteiger partial charge in [0, 0.05) is 25.4 Å². The van der Waals surface area contributed by atoms with E-state index in [-0.39, 0.29) is 17.9 Å². The average Bonchev–Trinajstić information content (AvgIpc) is 3.07. The van der Waals surface area contributed by atoms with E-state index in [1.165, 1.54) is 77.0 Å². The van der Waals surface area contributed by atoms with Gasteiger partial charge in [0.25, 0.3) is 0 Å². The van der Waals surface area contributed by atoms with E-state index in [1.54, 1.807) is 0 Å². The highest BCUT2D eigenvalue weighted by atomic mass is 16.2. The lowest BCUT2D eigenvalue weighted by atomic mass is 10.0. The predicted octanol–water partition coefficient (Wildman–Crippen LogP) is 12.7. The quantitative estimate of drug-likeness (QED) is 0.0531. The maximum Gasteiger partial charge on any atom is 0.220 e. The van der Waals surface area contributed by atoms with Gasteiger partial charge in [0.15, 0.2) is 0 Å². The molecule has 0 aliphatic rings. The molecule has 4 nitrogen and oxygen atoms in total. The van der Waals surface area contributed by atoms with Gasteiger partial charge in [0.2, 0.25) is 11.8 Å². The molecule has 0 rings (SSSR count). The Kier molecular flexibility index (Phi) is 36.7. The Balaban J connectivity index is 3.56. The first-order chi connectivity index (χ1) is 23.6. The third-order valence-electron chi connectivity index (χ3n) is 8.44. The van der Waals surface area contributed by atoms with Crippen LogP contribution in [0.1, 0.15) is 181 Å². The molecule has 0 radical (unpaired) electrons. The second-order valence-electron chi connectivity index (χ2n) is 13.3. The molecule has 0 saturated carbocycles. The minimum absolute atomic E-state index is 0.119. The predicted molar refractivity (Wildman–Crippen MR) is 212 cm³/mol. The van der Waals surface area contributed by atoms with Crippen molar-refractivity contribution in [2.45, 2.75) is 187 Å². The van der Waals surface area contributed by atoms with Gasteiger partial charge in [0.05, 0.1) is 0 Å². The minimum Gasteiger partial charge on any atom is -0.356 e. The van der Waals surface area contributed by atoms with E-state index in [0.29, 0.717) is 19.4 Å². The molecule has 0 aromatic rings. The molecule has 0 aliphatic carbocycles. The van der Waals surface area contributed by atoms with E-state index < -0.39 is 0 Å². The Hall–Kier alpha value is -2.62. The first-order valence-corrected chi connectivity index (χ1v) is 20.1. The highest BCUT2D eigenvalue weighted by molar-refractivity contribution is 5.76. The van der Waals surface area contributed by atoms with Crippen LogP contribution in [0.3, 0.4) is 0 Å². The van der Waals surface area contributed by atoms with Crippen LogP contribution in [0.5, 0.6) is 0 Å². The molecule has 48 heavy (non-hydrogen) atoms. The summed E-state index contributed by atoms with van der Waals surface area (Å²) in [7, 11) is 0. The monoisotopic (exact) mass is 665 g/mol. The third-order valence-corrected chi connectivity index (χ3v) is 8.44. The molecule has 0 saturated heterocycles. The molecule has 0 bridgehead atoms. The number of amides is 2. The van der Waals surface area contributed by atoms with Crippen molar-refractivity contribution in [2.75, 3.05) is 6.54 Å². The molecule has 0 fully saturated rings. The van der Waals surface area contributed by atoms with Gasteiger partial charge in [-0.25, -0.2) is 0 Å². The summed E-state index contributed by atoms with van der Waals surface area (Å²) in [5.74, 6) is 0.307. The van der Waals surface area contributed by atoms with Crippen molar-refractivity contribution >= 4 is 11.8 Å². The number of unbranched alkanes of at least 4 members (excludes halogenated alkanes) is 13. The number of rotatable bonds is 34. The molecule has 0 heterocycles. The number of nitrogens with one attached hydrogen (secondary N) is 2. The smallest absolute Gasteiger partial charge is 0.220 e. The van der Waals surface area contributed by atoms with Crippen LogP contribution >= 0.6 is 0 Å². The van der Waals surface area contributed by atoms with Gasteiger partial charge in [-0.15, -0.1) is 0 Å². The maximum absolute atomic E-state index is 12.3. The molecule has 4 heteroatoms. The lowest BCUT2D eigenvalue weighted by Gasteiger charge is -2.14. The maximum atomic E-state index is 12.3. The van der Waals surface area contributed by atoms with Crippen LogP contribution in [-0.2, 0) is 9.59 Å². The molecule has 1 atom stereocenters. The van der Waals surface area contributed by atoms with E-state index in [9.17, 15) is 9.59 Å². The summed E-state index contributed by atoms with van der Waals surface area (Å²) in [4.78, 5) is 24.4. The lowest BCUT2D eigenvalue weighted by Crippen LogP contribution is -2.32. The van der Waals surface area contributed by atoms with Crippen LogP contribution in [0.25, 0.3) is 0 Å². The third kappa shape index (κ3) is 37.8. The van der Waals surface area contributed by atoms with Crippen LogP contribution in [0.15, 0.2) is 72.9 Å². The van der Waals surface area contributed by atoms with Gasteiger partial charge in [-0.05, 0) is 77.6 Å². The summed E-state index contributed by atoms with van der Waals surface area (Å²) >= 11 is 0. The highest BCUT2D eigenvalue weighted by Gasteiger charge is 2.07. The lowest BCUT2D eigenvalue weighted by molar-refractivity contribution is -0.122. The van der Waals surface area contributed by atoms with E-state index in [1.807, 2.05) is 0 Å². The molecule has 2 amide bonds. The fraction of sp³-hybridized carbons (Fsp3) is 0.682. The Labute approximate surface area is 298 Å². The number of carbonyl (C=O) groups excluding carboxylic acids is 2. The summed E-state index contributed by atoms with van der Waals surface area (Å²) < 4.78 is 0. The molecule has 0 aromatic carbocycles. The molecule has 2 N–H and O–H groups in total. The van der Waals surface area contributed by atoms with Gasteiger partial charge in [0.1, 0.15) is 0 Å². The SMILES string of the molecule is CC/C=C\C/C=C\C/C=C\C/C=C\C/C=C\C/C=C\CCC(=O)NCCCC[C@@H](C)NC(=O)CCCCCCCCCCCCCCC. The zero-order valence-electron chi connectivity index (χ0n) is 31.7. The van der Waals surface area contributed by atoms with Gasteiger partial charge >= 0.3 is 0 Å². The van der Waals surface area contributed by atoms with Gasteiger partial charge in [-0.2, -0.15) is 0 Å². The normalized spacial score (nSPS) is 13.0.